The molecule has 3 N–H and O–H groups in total. The molecular weight excluding hydrogens is 284 g/mol. The van der Waals surface area contributed by atoms with Crippen molar-refractivity contribution in [2.24, 2.45) is 11.8 Å². The SMILES string of the molecule is CC(C)CC(NC(=O)NCC1CCC(O)C1)c1cccs1. The van der Waals surface area contributed by atoms with E-state index in [1.165, 1.54) is 4.88 Å². The second-order valence-corrected chi connectivity index (χ2v) is 7.36. The standard InChI is InChI=1S/C16H26N2O2S/c1-11(2)8-14(15-4-3-7-21-15)18-16(20)17-10-12-5-6-13(19)9-12/h3-4,7,11-14,19H,5-6,8-10H2,1-2H3,(H2,17,18,20). The van der Waals surface area contributed by atoms with Crippen molar-refractivity contribution in [1.82, 2.24) is 10.6 Å². The molecule has 3 unspecified atom stereocenters. The first-order valence-corrected chi connectivity index (χ1v) is 8.68. The Morgan fingerprint density at radius 1 is 1.48 bits per heavy atom. The summed E-state index contributed by atoms with van der Waals surface area (Å²) >= 11 is 1.68. The summed E-state index contributed by atoms with van der Waals surface area (Å²) < 4.78 is 0. The first-order valence-electron chi connectivity index (χ1n) is 7.80. The number of amides is 2. The van der Waals surface area contributed by atoms with Gasteiger partial charge in [-0.15, -0.1) is 11.3 Å². The number of urea groups is 1. The van der Waals surface area contributed by atoms with Crippen molar-refractivity contribution >= 4 is 17.4 Å². The molecule has 0 radical (unpaired) electrons. The van der Waals surface area contributed by atoms with E-state index < -0.39 is 0 Å². The van der Waals surface area contributed by atoms with Crippen LogP contribution in [0.15, 0.2) is 17.5 Å². The van der Waals surface area contributed by atoms with Crippen molar-refractivity contribution in [2.75, 3.05) is 6.54 Å². The van der Waals surface area contributed by atoms with Gasteiger partial charge in [0.1, 0.15) is 0 Å². The molecule has 1 fully saturated rings. The summed E-state index contributed by atoms with van der Waals surface area (Å²) in [6, 6.07) is 4.08. The molecule has 2 rings (SSSR count). The summed E-state index contributed by atoms with van der Waals surface area (Å²) in [4.78, 5) is 13.3. The van der Waals surface area contributed by atoms with Crippen LogP contribution < -0.4 is 10.6 Å². The minimum atomic E-state index is -0.181. The molecule has 1 aliphatic carbocycles. The zero-order valence-corrected chi connectivity index (χ0v) is 13.7. The van der Waals surface area contributed by atoms with Crippen LogP contribution in [0.25, 0.3) is 0 Å². The Bertz CT molecular complexity index is 433. The Morgan fingerprint density at radius 2 is 2.29 bits per heavy atom. The van der Waals surface area contributed by atoms with Gasteiger partial charge in [-0.1, -0.05) is 19.9 Å². The second kappa shape index (κ2) is 7.80. The van der Waals surface area contributed by atoms with Gasteiger partial charge in [0.2, 0.25) is 0 Å². The van der Waals surface area contributed by atoms with Crippen LogP contribution in [0.5, 0.6) is 0 Å². The first-order chi connectivity index (χ1) is 10.0. The number of thiophene rings is 1. The molecule has 21 heavy (non-hydrogen) atoms. The molecular formula is C16H26N2O2S. The average Bonchev–Trinajstić information content (AvgIpc) is 3.06. The molecule has 0 saturated heterocycles. The lowest BCUT2D eigenvalue weighted by Gasteiger charge is -2.20. The average molecular weight is 310 g/mol. The molecule has 1 aromatic heterocycles. The predicted molar refractivity (Wildman–Crippen MR) is 86.4 cm³/mol. The minimum absolute atomic E-state index is 0.0826. The molecule has 5 heteroatoms. The number of hydrogen-bond donors (Lipinski definition) is 3. The molecule has 1 aromatic rings. The van der Waals surface area contributed by atoms with Crippen LogP contribution in [-0.4, -0.2) is 23.8 Å². The summed E-state index contributed by atoms with van der Waals surface area (Å²) in [5.74, 6) is 0.943. The largest absolute Gasteiger partial charge is 0.393 e. The zero-order valence-electron chi connectivity index (χ0n) is 12.8. The van der Waals surface area contributed by atoms with Crippen molar-refractivity contribution in [3.8, 4) is 0 Å². The van der Waals surface area contributed by atoms with Gasteiger partial charge in [0.25, 0.3) is 0 Å². The Morgan fingerprint density at radius 3 is 2.86 bits per heavy atom. The maximum Gasteiger partial charge on any atom is 0.315 e. The molecule has 0 spiro atoms. The number of hydrogen-bond acceptors (Lipinski definition) is 3. The monoisotopic (exact) mass is 310 g/mol. The molecule has 2 amide bonds. The van der Waals surface area contributed by atoms with Crippen LogP contribution >= 0.6 is 11.3 Å². The summed E-state index contributed by atoms with van der Waals surface area (Å²) in [6.45, 7) is 4.99. The number of aliphatic hydroxyl groups is 1. The van der Waals surface area contributed by atoms with Crippen molar-refractivity contribution in [3.63, 3.8) is 0 Å². The van der Waals surface area contributed by atoms with Crippen molar-refractivity contribution in [1.29, 1.82) is 0 Å². The summed E-state index contributed by atoms with van der Waals surface area (Å²) in [6.07, 6.45) is 3.43. The fraction of sp³-hybridized carbons (Fsp3) is 0.688. The van der Waals surface area contributed by atoms with Gasteiger partial charge in [-0.05, 0) is 49.0 Å². The van der Waals surface area contributed by atoms with Crippen LogP contribution in [-0.2, 0) is 0 Å². The van der Waals surface area contributed by atoms with E-state index in [0.29, 0.717) is 18.4 Å². The third kappa shape index (κ3) is 5.32. The molecule has 0 aliphatic heterocycles. The normalized spacial score (nSPS) is 23.2. The van der Waals surface area contributed by atoms with E-state index in [1.54, 1.807) is 11.3 Å². The minimum Gasteiger partial charge on any atom is -0.393 e. The van der Waals surface area contributed by atoms with E-state index in [2.05, 4.69) is 30.5 Å². The molecule has 0 aromatic carbocycles. The van der Waals surface area contributed by atoms with Crippen LogP contribution in [0.4, 0.5) is 4.79 Å². The Balaban J connectivity index is 1.80. The lowest BCUT2D eigenvalue weighted by Crippen LogP contribution is -2.40. The quantitative estimate of drug-likeness (QED) is 0.755. The van der Waals surface area contributed by atoms with Crippen LogP contribution in [0.2, 0.25) is 0 Å². The van der Waals surface area contributed by atoms with Gasteiger partial charge in [-0.3, -0.25) is 0 Å². The molecule has 0 bridgehead atoms. The highest BCUT2D eigenvalue weighted by Gasteiger charge is 2.23. The third-order valence-corrected chi connectivity index (χ3v) is 4.95. The highest BCUT2D eigenvalue weighted by molar-refractivity contribution is 7.10. The summed E-state index contributed by atoms with van der Waals surface area (Å²) in [5.41, 5.74) is 0. The number of carbonyl (C=O) groups excluding carboxylic acids is 1. The van der Waals surface area contributed by atoms with E-state index in [1.807, 2.05) is 11.4 Å². The van der Waals surface area contributed by atoms with Crippen molar-refractivity contribution < 1.29 is 9.90 Å². The molecule has 3 atom stereocenters. The maximum absolute atomic E-state index is 12.1. The summed E-state index contributed by atoms with van der Waals surface area (Å²) in [5, 5.41) is 17.6. The highest BCUT2D eigenvalue weighted by Crippen LogP contribution is 2.26. The third-order valence-electron chi connectivity index (χ3n) is 3.96. The summed E-state index contributed by atoms with van der Waals surface area (Å²) in [7, 11) is 0. The van der Waals surface area contributed by atoms with Gasteiger partial charge >= 0.3 is 6.03 Å². The smallest absolute Gasteiger partial charge is 0.315 e. The van der Waals surface area contributed by atoms with Gasteiger partial charge in [0, 0.05) is 11.4 Å². The number of aliphatic hydroxyl groups excluding tert-OH is 1. The van der Waals surface area contributed by atoms with Crippen LogP contribution in [0.3, 0.4) is 0 Å². The van der Waals surface area contributed by atoms with E-state index in [9.17, 15) is 9.90 Å². The fourth-order valence-corrected chi connectivity index (χ4v) is 3.68. The van der Waals surface area contributed by atoms with Gasteiger partial charge < -0.3 is 15.7 Å². The number of nitrogens with one attached hydrogen (secondary N) is 2. The van der Waals surface area contributed by atoms with E-state index >= 15 is 0 Å². The van der Waals surface area contributed by atoms with Gasteiger partial charge in [-0.25, -0.2) is 4.79 Å². The predicted octanol–water partition coefficient (Wildman–Crippen LogP) is 3.30. The Labute approximate surface area is 131 Å². The van der Waals surface area contributed by atoms with Crippen molar-refractivity contribution in [3.05, 3.63) is 22.4 Å². The van der Waals surface area contributed by atoms with Crippen LogP contribution in [0, 0.1) is 11.8 Å². The van der Waals surface area contributed by atoms with Gasteiger partial charge in [-0.2, -0.15) is 0 Å². The lowest BCUT2D eigenvalue weighted by molar-refractivity contribution is 0.177. The highest BCUT2D eigenvalue weighted by atomic mass is 32.1. The molecule has 1 heterocycles. The van der Waals surface area contributed by atoms with Gasteiger partial charge in [0.05, 0.1) is 12.1 Å². The lowest BCUT2D eigenvalue weighted by atomic mass is 10.0. The second-order valence-electron chi connectivity index (χ2n) is 6.38. The molecule has 1 aliphatic rings. The maximum atomic E-state index is 12.1. The first kappa shape index (κ1) is 16.3. The van der Waals surface area contributed by atoms with Crippen LogP contribution in [0.1, 0.15) is 50.4 Å². The van der Waals surface area contributed by atoms with Gasteiger partial charge in [0.15, 0.2) is 0 Å². The Hall–Kier alpha value is -1.07. The molecule has 4 nitrogen and oxygen atoms in total. The number of rotatable bonds is 6. The topological polar surface area (TPSA) is 61.4 Å². The molecule has 118 valence electrons. The Kier molecular flexibility index (Phi) is 6.06. The van der Waals surface area contributed by atoms with E-state index in [-0.39, 0.29) is 18.2 Å². The van der Waals surface area contributed by atoms with E-state index in [0.717, 1.165) is 25.7 Å². The van der Waals surface area contributed by atoms with E-state index in [4.69, 9.17) is 0 Å². The fourth-order valence-electron chi connectivity index (χ4n) is 2.89. The zero-order chi connectivity index (χ0) is 15.2. The molecule has 1 saturated carbocycles. The number of carbonyl (C=O) groups is 1. The van der Waals surface area contributed by atoms with Crippen molar-refractivity contribution in [2.45, 2.75) is 51.7 Å².